The third-order valence-electron chi connectivity index (χ3n) is 3.03. The zero-order valence-corrected chi connectivity index (χ0v) is 12.7. The molecule has 114 valence electrons. The molecule has 0 saturated heterocycles. The fourth-order valence-electron chi connectivity index (χ4n) is 1.95. The Labute approximate surface area is 128 Å². The number of carboxylic acid groups (broad SMARTS) is 1. The van der Waals surface area contributed by atoms with Crippen molar-refractivity contribution in [2.45, 2.75) is 20.8 Å². The Bertz CT molecular complexity index is 742. The Balaban J connectivity index is 2.35. The lowest BCUT2D eigenvalue weighted by Crippen LogP contribution is -2.05. The number of rotatable bonds is 5. The van der Waals surface area contributed by atoms with Crippen molar-refractivity contribution in [3.8, 4) is 23.2 Å². The molecule has 2 rings (SSSR count). The molecule has 6 nitrogen and oxygen atoms in total. The number of hydrogen-bond donors (Lipinski definition) is 2. The van der Waals surface area contributed by atoms with Crippen LogP contribution < -0.4 is 4.74 Å². The number of H-pyrrole nitrogens is 1. The van der Waals surface area contributed by atoms with Crippen molar-refractivity contribution in [2.75, 3.05) is 6.61 Å². The molecule has 0 amide bonds. The maximum absolute atomic E-state index is 11.0. The van der Waals surface area contributed by atoms with Crippen molar-refractivity contribution in [1.82, 2.24) is 9.97 Å². The first kappa shape index (κ1) is 15.6. The molecule has 0 aliphatic carbocycles. The van der Waals surface area contributed by atoms with E-state index in [1.807, 2.05) is 13.8 Å². The fraction of sp³-hybridized carbons (Fsp3) is 0.312. The monoisotopic (exact) mass is 299 g/mol. The SMILES string of the molecule is Cc1[nH]c(-c2ccc(OCC(C)C)c(C#N)c2)nc1C(=O)O. The maximum Gasteiger partial charge on any atom is 0.356 e. The Morgan fingerprint density at radius 1 is 1.50 bits per heavy atom. The van der Waals surface area contributed by atoms with E-state index in [2.05, 4.69) is 16.0 Å². The second kappa shape index (κ2) is 6.31. The molecular weight excluding hydrogens is 282 g/mol. The van der Waals surface area contributed by atoms with E-state index in [0.29, 0.717) is 40.9 Å². The lowest BCUT2D eigenvalue weighted by molar-refractivity contribution is 0.0690. The normalized spacial score (nSPS) is 10.5. The molecule has 1 heterocycles. The molecule has 2 aromatic rings. The van der Waals surface area contributed by atoms with Gasteiger partial charge in [0.1, 0.15) is 17.6 Å². The second-order valence-electron chi connectivity index (χ2n) is 5.39. The average Bonchev–Trinajstić information content (AvgIpc) is 2.87. The first-order valence-corrected chi connectivity index (χ1v) is 6.89. The van der Waals surface area contributed by atoms with Crippen LogP contribution in [0.3, 0.4) is 0 Å². The van der Waals surface area contributed by atoms with Gasteiger partial charge in [-0.15, -0.1) is 0 Å². The Hall–Kier alpha value is -2.81. The summed E-state index contributed by atoms with van der Waals surface area (Å²) in [6.45, 7) is 6.22. The summed E-state index contributed by atoms with van der Waals surface area (Å²) in [5, 5.41) is 18.3. The highest BCUT2D eigenvalue weighted by molar-refractivity contribution is 5.87. The number of aromatic nitrogens is 2. The van der Waals surface area contributed by atoms with Gasteiger partial charge in [-0.25, -0.2) is 9.78 Å². The number of benzene rings is 1. The molecule has 1 aromatic heterocycles. The molecular formula is C16H17N3O3. The van der Waals surface area contributed by atoms with Crippen LogP contribution in [0, 0.1) is 24.2 Å². The number of nitrogens with zero attached hydrogens (tertiary/aromatic N) is 2. The second-order valence-corrected chi connectivity index (χ2v) is 5.39. The first-order valence-electron chi connectivity index (χ1n) is 6.89. The van der Waals surface area contributed by atoms with Crippen molar-refractivity contribution >= 4 is 5.97 Å². The standard InChI is InChI=1S/C16H17N3O3/c1-9(2)8-22-13-5-4-11(6-12(13)7-17)15-18-10(3)14(19-15)16(20)21/h4-6,9H,8H2,1-3H3,(H,18,19)(H,20,21). The summed E-state index contributed by atoms with van der Waals surface area (Å²) in [5.74, 6) is 0.206. The maximum atomic E-state index is 11.0. The summed E-state index contributed by atoms with van der Waals surface area (Å²) in [4.78, 5) is 18.0. The Kier molecular flexibility index (Phi) is 4.47. The van der Waals surface area contributed by atoms with Crippen LogP contribution in [0.2, 0.25) is 0 Å². The summed E-state index contributed by atoms with van der Waals surface area (Å²) in [5.41, 5.74) is 1.49. The van der Waals surface area contributed by atoms with Gasteiger partial charge in [0.25, 0.3) is 0 Å². The Morgan fingerprint density at radius 2 is 2.23 bits per heavy atom. The molecule has 0 spiro atoms. The van der Waals surface area contributed by atoms with Crippen molar-refractivity contribution in [2.24, 2.45) is 5.92 Å². The minimum atomic E-state index is -1.09. The van der Waals surface area contributed by atoms with Gasteiger partial charge in [-0.2, -0.15) is 5.26 Å². The molecule has 0 unspecified atom stereocenters. The van der Waals surface area contributed by atoms with E-state index in [1.165, 1.54) is 0 Å². The fourth-order valence-corrected chi connectivity index (χ4v) is 1.95. The lowest BCUT2D eigenvalue weighted by atomic mass is 10.1. The van der Waals surface area contributed by atoms with Crippen molar-refractivity contribution in [1.29, 1.82) is 5.26 Å². The van der Waals surface area contributed by atoms with E-state index in [-0.39, 0.29) is 5.69 Å². The number of ether oxygens (including phenoxy) is 1. The van der Waals surface area contributed by atoms with Crippen molar-refractivity contribution in [3.63, 3.8) is 0 Å². The lowest BCUT2D eigenvalue weighted by Gasteiger charge is -2.10. The quantitative estimate of drug-likeness (QED) is 0.884. The zero-order chi connectivity index (χ0) is 16.3. The number of aromatic carboxylic acids is 1. The molecule has 0 saturated carbocycles. The van der Waals surface area contributed by atoms with Crippen molar-refractivity contribution < 1.29 is 14.6 Å². The highest BCUT2D eigenvalue weighted by Crippen LogP contribution is 2.26. The number of carboxylic acids is 1. The van der Waals surface area contributed by atoms with Crippen molar-refractivity contribution in [3.05, 3.63) is 35.2 Å². The van der Waals surface area contributed by atoms with Gasteiger partial charge in [0.15, 0.2) is 5.69 Å². The molecule has 22 heavy (non-hydrogen) atoms. The summed E-state index contributed by atoms with van der Waals surface area (Å²) in [6.07, 6.45) is 0. The van der Waals surface area contributed by atoms with Gasteiger partial charge >= 0.3 is 5.97 Å². The van der Waals surface area contributed by atoms with Gasteiger partial charge in [-0.3, -0.25) is 0 Å². The van der Waals surface area contributed by atoms with Crippen LogP contribution in [0.25, 0.3) is 11.4 Å². The molecule has 1 aromatic carbocycles. The smallest absolute Gasteiger partial charge is 0.356 e. The van der Waals surface area contributed by atoms with Crippen LogP contribution in [0.1, 0.15) is 35.6 Å². The molecule has 0 bridgehead atoms. The molecule has 0 radical (unpaired) electrons. The van der Waals surface area contributed by atoms with E-state index < -0.39 is 5.97 Å². The summed E-state index contributed by atoms with van der Waals surface area (Å²) >= 11 is 0. The predicted molar refractivity (Wildman–Crippen MR) is 80.8 cm³/mol. The molecule has 0 aliphatic heterocycles. The number of carbonyl (C=O) groups is 1. The summed E-state index contributed by atoms with van der Waals surface area (Å²) < 4.78 is 5.60. The number of aromatic amines is 1. The number of nitrogens with one attached hydrogen (secondary N) is 1. The van der Waals surface area contributed by atoms with E-state index in [4.69, 9.17) is 9.84 Å². The highest BCUT2D eigenvalue weighted by atomic mass is 16.5. The van der Waals surface area contributed by atoms with Gasteiger partial charge in [-0.05, 0) is 31.0 Å². The number of hydrogen-bond acceptors (Lipinski definition) is 4. The Morgan fingerprint density at radius 3 is 2.77 bits per heavy atom. The molecule has 2 N–H and O–H groups in total. The van der Waals surface area contributed by atoms with Gasteiger partial charge in [0.05, 0.1) is 12.2 Å². The van der Waals surface area contributed by atoms with Crippen LogP contribution in [-0.2, 0) is 0 Å². The van der Waals surface area contributed by atoms with Crippen LogP contribution >= 0.6 is 0 Å². The number of nitriles is 1. The third-order valence-corrected chi connectivity index (χ3v) is 3.03. The molecule has 0 aliphatic rings. The summed E-state index contributed by atoms with van der Waals surface area (Å²) in [6, 6.07) is 7.18. The van der Waals surface area contributed by atoms with Crippen LogP contribution in [0.5, 0.6) is 5.75 Å². The largest absolute Gasteiger partial charge is 0.492 e. The molecule has 0 atom stereocenters. The third kappa shape index (κ3) is 3.26. The minimum absolute atomic E-state index is 0.0198. The van der Waals surface area contributed by atoms with Gasteiger partial charge < -0.3 is 14.8 Å². The van der Waals surface area contributed by atoms with Gasteiger partial charge in [-0.1, -0.05) is 13.8 Å². The van der Waals surface area contributed by atoms with Crippen LogP contribution in [0.4, 0.5) is 0 Å². The summed E-state index contributed by atoms with van der Waals surface area (Å²) in [7, 11) is 0. The van der Waals surface area contributed by atoms with Gasteiger partial charge in [0.2, 0.25) is 0 Å². The highest BCUT2D eigenvalue weighted by Gasteiger charge is 2.15. The zero-order valence-electron chi connectivity index (χ0n) is 12.7. The van der Waals surface area contributed by atoms with E-state index >= 15 is 0 Å². The van der Waals surface area contributed by atoms with Gasteiger partial charge in [0, 0.05) is 11.3 Å². The predicted octanol–water partition coefficient (Wildman–Crippen LogP) is 2.99. The van der Waals surface area contributed by atoms with E-state index in [9.17, 15) is 10.1 Å². The number of imidazole rings is 1. The topological polar surface area (TPSA) is 99.0 Å². The molecule has 0 fully saturated rings. The van der Waals surface area contributed by atoms with Crippen LogP contribution in [-0.4, -0.2) is 27.7 Å². The van der Waals surface area contributed by atoms with E-state index in [0.717, 1.165) is 0 Å². The first-order chi connectivity index (χ1) is 10.4. The van der Waals surface area contributed by atoms with E-state index in [1.54, 1.807) is 25.1 Å². The van der Waals surface area contributed by atoms with Crippen LogP contribution in [0.15, 0.2) is 18.2 Å². The minimum Gasteiger partial charge on any atom is -0.492 e. The number of aryl methyl sites for hydroxylation is 1. The average molecular weight is 299 g/mol. The molecule has 6 heteroatoms.